The van der Waals surface area contributed by atoms with Crippen molar-refractivity contribution in [1.29, 1.82) is 0 Å². The number of carbonyl (C=O) groups is 1. The van der Waals surface area contributed by atoms with Crippen molar-refractivity contribution in [2.45, 2.75) is 49.2 Å². The topological polar surface area (TPSA) is 80.2 Å². The van der Waals surface area contributed by atoms with Gasteiger partial charge in [-0.15, -0.1) is 10.2 Å². The van der Waals surface area contributed by atoms with Crippen LogP contribution in [-0.4, -0.2) is 58.8 Å². The van der Waals surface area contributed by atoms with Gasteiger partial charge in [-0.25, -0.2) is 8.42 Å². The number of sulfone groups is 1. The minimum Gasteiger partial charge on any atom is -0.335 e. The van der Waals surface area contributed by atoms with Crippen molar-refractivity contribution in [3.8, 4) is 11.3 Å². The smallest absolute Gasteiger partial charge is 0.233 e. The van der Waals surface area contributed by atoms with Crippen LogP contribution in [0.25, 0.3) is 22.0 Å². The van der Waals surface area contributed by atoms with E-state index in [2.05, 4.69) is 10.2 Å². The minimum atomic E-state index is -3.05. The molecule has 1 saturated heterocycles. The molecule has 1 saturated carbocycles. The Kier molecular flexibility index (Phi) is 6.38. The van der Waals surface area contributed by atoms with Gasteiger partial charge in [0.05, 0.1) is 17.3 Å². The van der Waals surface area contributed by atoms with Gasteiger partial charge < -0.3 is 4.90 Å². The summed E-state index contributed by atoms with van der Waals surface area (Å²) >= 11 is 1.39. The molecule has 8 heteroatoms. The lowest BCUT2D eigenvalue weighted by atomic mass is 10.1. The van der Waals surface area contributed by atoms with E-state index < -0.39 is 9.84 Å². The predicted octanol–water partition coefficient (Wildman–Crippen LogP) is 4.35. The van der Waals surface area contributed by atoms with E-state index in [0.717, 1.165) is 52.7 Å². The Balaban J connectivity index is 1.39. The lowest BCUT2D eigenvalue weighted by molar-refractivity contribution is -0.132. The third-order valence-electron chi connectivity index (χ3n) is 6.64. The van der Waals surface area contributed by atoms with Crippen LogP contribution in [0.5, 0.6) is 0 Å². The van der Waals surface area contributed by atoms with Gasteiger partial charge in [0, 0.05) is 28.4 Å². The summed E-state index contributed by atoms with van der Waals surface area (Å²) in [7, 11) is -3.05. The number of benzene rings is 2. The Morgan fingerprint density at radius 3 is 2.30 bits per heavy atom. The zero-order valence-corrected chi connectivity index (χ0v) is 20.0. The van der Waals surface area contributed by atoms with Gasteiger partial charge in [-0.3, -0.25) is 4.79 Å². The van der Waals surface area contributed by atoms with Gasteiger partial charge in [-0.05, 0) is 19.3 Å². The highest BCUT2D eigenvalue weighted by Gasteiger charge is 2.38. The SMILES string of the molecule is O=C(CSc1nnc(-c2ccccc2)c2ccccc12)N(C1CCCC1)[C@H]1CCS(=O)(=O)C1. The normalized spacial score (nSPS) is 20.3. The molecule has 0 unspecified atom stereocenters. The maximum absolute atomic E-state index is 13.4. The molecule has 2 aromatic carbocycles. The quantitative estimate of drug-likeness (QED) is 0.487. The first-order valence-corrected chi connectivity index (χ1v) is 14.3. The molecule has 3 aromatic rings. The van der Waals surface area contributed by atoms with Crippen molar-refractivity contribution in [2.75, 3.05) is 17.3 Å². The summed E-state index contributed by atoms with van der Waals surface area (Å²) < 4.78 is 24.2. The first-order chi connectivity index (χ1) is 16.0. The first kappa shape index (κ1) is 22.3. The van der Waals surface area contributed by atoms with Crippen molar-refractivity contribution in [3.05, 3.63) is 54.6 Å². The molecule has 0 radical (unpaired) electrons. The third kappa shape index (κ3) is 4.77. The van der Waals surface area contributed by atoms with E-state index in [1.54, 1.807) is 0 Å². The second kappa shape index (κ2) is 9.43. The molecular formula is C25H27N3O3S2. The number of thioether (sulfide) groups is 1. The Hall–Kier alpha value is -2.45. The van der Waals surface area contributed by atoms with Crippen molar-refractivity contribution < 1.29 is 13.2 Å². The summed E-state index contributed by atoms with van der Waals surface area (Å²) in [5.74, 6) is 0.510. The largest absolute Gasteiger partial charge is 0.335 e. The van der Waals surface area contributed by atoms with Gasteiger partial charge in [-0.2, -0.15) is 0 Å². The molecule has 1 amide bonds. The van der Waals surface area contributed by atoms with Gasteiger partial charge in [0.25, 0.3) is 0 Å². The molecule has 1 aromatic heterocycles. The highest BCUT2D eigenvalue weighted by molar-refractivity contribution is 8.00. The second-order valence-corrected chi connectivity index (χ2v) is 12.0. The van der Waals surface area contributed by atoms with Crippen molar-refractivity contribution in [1.82, 2.24) is 15.1 Å². The minimum absolute atomic E-state index is 0.00650. The van der Waals surface area contributed by atoms with Gasteiger partial charge in [-0.1, -0.05) is 79.2 Å². The van der Waals surface area contributed by atoms with E-state index in [-0.39, 0.29) is 35.2 Å². The number of fused-ring (bicyclic) bond motifs is 1. The Bertz CT molecular complexity index is 1260. The molecule has 6 nitrogen and oxygen atoms in total. The first-order valence-electron chi connectivity index (χ1n) is 11.5. The molecule has 2 heterocycles. The van der Waals surface area contributed by atoms with E-state index >= 15 is 0 Å². The Morgan fingerprint density at radius 2 is 1.61 bits per heavy atom. The van der Waals surface area contributed by atoms with Crippen LogP contribution in [0.4, 0.5) is 0 Å². The summed E-state index contributed by atoms with van der Waals surface area (Å²) in [6.07, 6.45) is 4.66. The van der Waals surface area contributed by atoms with Gasteiger partial charge in [0.2, 0.25) is 5.91 Å². The van der Waals surface area contributed by atoms with Crippen LogP contribution in [0, 0.1) is 0 Å². The zero-order chi connectivity index (χ0) is 22.8. The van der Waals surface area contributed by atoms with Gasteiger partial charge in [0.15, 0.2) is 9.84 Å². The van der Waals surface area contributed by atoms with E-state index in [1.165, 1.54) is 11.8 Å². The number of hydrogen-bond donors (Lipinski definition) is 0. The van der Waals surface area contributed by atoms with Gasteiger partial charge >= 0.3 is 0 Å². The fraction of sp³-hybridized carbons (Fsp3) is 0.400. The molecule has 33 heavy (non-hydrogen) atoms. The standard InChI is InChI=1S/C25H27N3O3S2/c29-23(28(19-10-4-5-11-19)20-14-15-33(30,31)17-20)16-32-25-22-13-7-6-12-21(22)24(26-27-25)18-8-2-1-3-9-18/h1-3,6-9,12-13,19-20H,4-5,10-11,14-17H2/t20-/m0/s1. The number of carbonyl (C=O) groups excluding carboxylic acids is 1. The van der Waals surface area contributed by atoms with E-state index in [1.807, 2.05) is 59.5 Å². The average molecular weight is 482 g/mol. The molecule has 0 bridgehead atoms. The molecule has 0 spiro atoms. The molecule has 0 N–H and O–H groups in total. The van der Waals surface area contributed by atoms with Crippen molar-refractivity contribution in [3.63, 3.8) is 0 Å². The monoisotopic (exact) mass is 481 g/mol. The number of nitrogens with zero attached hydrogens (tertiary/aromatic N) is 3. The van der Waals surface area contributed by atoms with Crippen molar-refractivity contribution in [2.24, 2.45) is 0 Å². The molecule has 2 aliphatic rings. The average Bonchev–Trinajstić information content (AvgIpc) is 3.48. The summed E-state index contributed by atoms with van der Waals surface area (Å²) in [5, 5.41) is 11.7. The molecule has 1 atom stereocenters. The highest BCUT2D eigenvalue weighted by Crippen LogP contribution is 2.33. The van der Waals surface area contributed by atoms with E-state index in [9.17, 15) is 13.2 Å². The van der Waals surface area contributed by atoms with E-state index in [4.69, 9.17) is 0 Å². The van der Waals surface area contributed by atoms with Crippen LogP contribution in [0.2, 0.25) is 0 Å². The van der Waals surface area contributed by atoms with Crippen LogP contribution in [0.3, 0.4) is 0 Å². The summed E-state index contributed by atoms with van der Waals surface area (Å²) in [6.45, 7) is 0. The maximum atomic E-state index is 13.4. The zero-order valence-electron chi connectivity index (χ0n) is 18.4. The predicted molar refractivity (Wildman–Crippen MR) is 132 cm³/mol. The molecule has 172 valence electrons. The summed E-state index contributed by atoms with van der Waals surface area (Å²) in [6, 6.07) is 17.9. The number of rotatable bonds is 6. The van der Waals surface area contributed by atoms with Crippen LogP contribution in [0.1, 0.15) is 32.1 Å². The highest BCUT2D eigenvalue weighted by atomic mass is 32.2. The second-order valence-electron chi connectivity index (χ2n) is 8.85. The van der Waals surface area contributed by atoms with Crippen LogP contribution in [-0.2, 0) is 14.6 Å². The molecular weight excluding hydrogens is 454 g/mol. The molecule has 2 fully saturated rings. The Morgan fingerprint density at radius 1 is 0.909 bits per heavy atom. The number of aromatic nitrogens is 2. The van der Waals surface area contributed by atoms with Crippen LogP contribution in [0.15, 0.2) is 59.6 Å². The Labute approximate surface area is 198 Å². The number of hydrogen-bond acceptors (Lipinski definition) is 6. The van der Waals surface area contributed by atoms with E-state index in [0.29, 0.717) is 6.42 Å². The molecule has 1 aliphatic heterocycles. The molecule has 5 rings (SSSR count). The fourth-order valence-corrected chi connectivity index (χ4v) is 7.64. The molecule has 1 aliphatic carbocycles. The fourth-order valence-electron chi connectivity index (χ4n) is 5.08. The lowest BCUT2D eigenvalue weighted by Crippen LogP contribution is -2.47. The van der Waals surface area contributed by atoms with Gasteiger partial charge in [0.1, 0.15) is 10.7 Å². The number of amides is 1. The lowest BCUT2D eigenvalue weighted by Gasteiger charge is -2.34. The van der Waals surface area contributed by atoms with Crippen molar-refractivity contribution >= 4 is 38.3 Å². The maximum Gasteiger partial charge on any atom is 0.233 e. The van der Waals surface area contributed by atoms with Crippen LogP contribution >= 0.6 is 11.8 Å². The van der Waals surface area contributed by atoms with Crippen LogP contribution < -0.4 is 0 Å². The third-order valence-corrected chi connectivity index (χ3v) is 9.36. The summed E-state index contributed by atoms with van der Waals surface area (Å²) in [4.78, 5) is 15.3. The summed E-state index contributed by atoms with van der Waals surface area (Å²) in [5.41, 5.74) is 1.83.